The first-order valence-corrected chi connectivity index (χ1v) is 11.2. The predicted octanol–water partition coefficient (Wildman–Crippen LogP) is 4.29. The van der Waals surface area contributed by atoms with Crippen LogP contribution in [0.5, 0.6) is 5.75 Å². The van der Waals surface area contributed by atoms with Crippen molar-refractivity contribution in [1.82, 2.24) is 4.57 Å². The quantitative estimate of drug-likeness (QED) is 0.531. The Morgan fingerprint density at radius 3 is 2.50 bits per heavy atom. The molecule has 6 nitrogen and oxygen atoms in total. The lowest BCUT2D eigenvalue weighted by Crippen LogP contribution is -2.16. The number of ether oxygens (including phenoxy) is 1. The molecule has 0 saturated heterocycles. The molecule has 0 aliphatic rings. The lowest BCUT2D eigenvalue weighted by Gasteiger charge is -2.11. The second kappa shape index (κ2) is 8.32. The molecule has 28 heavy (non-hydrogen) atoms. The molecule has 3 N–H and O–H groups in total. The van der Waals surface area contributed by atoms with E-state index in [0.29, 0.717) is 23.7 Å². The molecular weight excluding hydrogens is 398 g/mol. The van der Waals surface area contributed by atoms with Crippen LogP contribution in [-0.4, -0.2) is 31.7 Å². The molecule has 0 fully saturated rings. The van der Waals surface area contributed by atoms with Gasteiger partial charge in [-0.15, -0.1) is 11.6 Å². The van der Waals surface area contributed by atoms with Gasteiger partial charge in [-0.3, -0.25) is 4.72 Å². The van der Waals surface area contributed by atoms with Gasteiger partial charge in [0.05, 0.1) is 29.8 Å². The molecule has 3 aromatic rings. The molecule has 0 aliphatic heterocycles. The number of nitrogens with zero attached hydrogens (tertiary/aromatic N) is 1. The van der Waals surface area contributed by atoms with Gasteiger partial charge in [0.25, 0.3) is 0 Å². The van der Waals surface area contributed by atoms with Gasteiger partial charge in [-0.25, -0.2) is 8.42 Å². The maximum Gasteiger partial charge on any atom is 0.232 e. The molecule has 150 valence electrons. The van der Waals surface area contributed by atoms with E-state index in [0.717, 1.165) is 34.5 Å². The van der Waals surface area contributed by atoms with E-state index >= 15 is 0 Å². The summed E-state index contributed by atoms with van der Waals surface area (Å²) in [4.78, 5) is 0. The molecule has 0 radical (unpaired) electrons. The van der Waals surface area contributed by atoms with E-state index < -0.39 is 10.0 Å². The summed E-state index contributed by atoms with van der Waals surface area (Å²) < 4.78 is 34.1. The van der Waals surface area contributed by atoms with Crippen LogP contribution in [0.3, 0.4) is 0 Å². The van der Waals surface area contributed by atoms with Crippen molar-refractivity contribution in [3.63, 3.8) is 0 Å². The molecule has 0 unspecified atom stereocenters. The summed E-state index contributed by atoms with van der Waals surface area (Å²) in [6, 6.07) is 13.0. The fourth-order valence-corrected chi connectivity index (χ4v) is 4.71. The Balaban J connectivity index is 1.98. The molecule has 0 spiro atoms. The third kappa shape index (κ3) is 4.05. The number of sulfonamides is 1. The normalized spacial score (nSPS) is 11.7. The predicted molar refractivity (Wildman–Crippen MR) is 117 cm³/mol. The molecular formula is C20H24ClN3O3S. The molecule has 0 amide bonds. The second-order valence-electron chi connectivity index (χ2n) is 6.43. The average Bonchev–Trinajstić information content (AvgIpc) is 2.98. The van der Waals surface area contributed by atoms with Crippen LogP contribution in [0.1, 0.15) is 13.3 Å². The summed E-state index contributed by atoms with van der Waals surface area (Å²) in [5.41, 5.74) is 10.5. The zero-order chi connectivity index (χ0) is 20.3. The molecule has 0 atom stereocenters. The highest BCUT2D eigenvalue weighted by molar-refractivity contribution is 7.92. The highest BCUT2D eigenvalue weighted by Crippen LogP contribution is 2.38. The highest BCUT2D eigenvalue weighted by Gasteiger charge is 2.17. The number of nitrogens with one attached hydrogen (secondary N) is 1. The maximum absolute atomic E-state index is 12.0. The summed E-state index contributed by atoms with van der Waals surface area (Å²) >= 11 is 5.58. The van der Waals surface area contributed by atoms with Gasteiger partial charge in [0.1, 0.15) is 5.75 Å². The maximum atomic E-state index is 12.0. The Morgan fingerprint density at radius 2 is 1.89 bits per heavy atom. The van der Waals surface area contributed by atoms with Crippen LogP contribution >= 0.6 is 11.6 Å². The minimum Gasteiger partial charge on any atom is -0.497 e. The zero-order valence-electron chi connectivity index (χ0n) is 15.9. The Bertz CT molecular complexity index is 1080. The largest absolute Gasteiger partial charge is 0.497 e. The van der Waals surface area contributed by atoms with E-state index in [4.69, 9.17) is 22.1 Å². The SMILES string of the molecule is CCn1c(-c2ccc(NS(=O)(=O)CCCCl)cc2)c(N)c2ccc(OC)cc21. The number of halogens is 1. The lowest BCUT2D eigenvalue weighted by molar-refractivity contribution is 0.415. The molecule has 1 heterocycles. The first kappa shape index (κ1) is 20.4. The number of nitrogen functional groups attached to an aromatic ring is 1. The Morgan fingerprint density at radius 1 is 1.18 bits per heavy atom. The topological polar surface area (TPSA) is 86.4 Å². The van der Waals surface area contributed by atoms with E-state index in [1.807, 2.05) is 30.3 Å². The summed E-state index contributed by atoms with van der Waals surface area (Å²) in [6.07, 6.45) is 0.408. The first-order valence-electron chi connectivity index (χ1n) is 9.02. The minimum atomic E-state index is -3.40. The van der Waals surface area contributed by atoms with Gasteiger partial charge in [-0.05, 0) is 37.6 Å². The van der Waals surface area contributed by atoms with Gasteiger partial charge in [0.15, 0.2) is 0 Å². The smallest absolute Gasteiger partial charge is 0.232 e. The summed E-state index contributed by atoms with van der Waals surface area (Å²) in [6.45, 7) is 2.80. The third-order valence-electron chi connectivity index (χ3n) is 4.61. The van der Waals surface area contributed by atoms with E-state index in [1.165, 1.54) is 0 Å². The number of hydrogen-bond donors (Lipinski definition) is 2. The van der Waals surface area contributed by atoms with Gasteiger partial charge in [-0.2, -0.15) is 0 Å². The lowest BCUT2D eigenvalue weighted by atomic mass is 10.1. The van der Waals surface area contributed by atoms with E-state index in [2.05, 4.69) is 16.2 Å². The van der Waals surface area contributed by atoms with E-state index in [1.54, 1.807) is 19.2 Å². The summed E-state index contributed by atoms with van der Waals surface area (Å²) in [5.74, 6) is 1.08. The molecule has 0 aliphatic carbocycles. The number of hydrogen-bond acceptors (Lipinski definition) is 4. The van der Waals surface area contributed by atoms with Crippen LogP contribution in [0, 0.1) is 0 Å². The minimum absolute atomic E-state index is 0.00287. The van der Waals surface area contributed by atoms with Crippen molar-refractivity contribution in [2.75, 3.05) is 29.2 Å². The van der Waals surface area contributed by atoms with E-state index in [-0.39, 0.29) is 5.75 Å². The van der Waals surface area contributed by atoms with Gasteiger partial charge in [0, 0.05) is 35.1 Å². The summed E-state index contributed by atoms with van der Waals surface area (Å²) in [5, 5.41) is 0.962. The molecule has 0 saturated carbocycles. The highest BCUT2D eigenvalue weighted by atomic mass is 35.5. The van der Waals surface area contributed by atoms with Crippen LogP contribution in [0.25, 0.3) is 22.2 Å². The van der Waals surface area contributed by atoms with Crippen molar-refractivity contribution in [3.05, 3.63) is 42.5 Å². The second-order valence-corrected chi connectivity index (χ2v) is 8.65. The fourth-order valence-electron chi connectivity index (χ4n) is 3.29. The zero-order valence-corrected chi connectivity index (χ0v) is 17.5. The Hall–Kier alpha value is -2.38. The molecule has 0 bridgehead atoms. The van der Waals surface area contributed by atoms with Crippen molar-refractivity contribution >= 4 is 43.9 Å². The number of fused-ring (bicyclic) bond motifs is 1. The van der Waals surface area contributed by atoms with Crippen molar-refractivity contribution < 1.29 is 13.2 Å². The molecule has 2 aromatic carbocycles. The first-order chi connectivity index (χ1) is 13.4. The van der Waals surface area contributed by atoms with Gasteiger partial charge in [-0.1, -0.05) is 12.1 Å². The monoisotopic (exact) mass is 421 g/mol. The van der Waals surface area contributed by atoms with Crippen molar-refractivity contribution in [2.24, 2.45) is 0 Å². The average molecular weight is 422 g/mol. The van der Waals surface area contributed by atoms with Crippen molar-refractivity contribution in [3.8, 4) is 17.0 Å². The molecule has 1 aromatic heterocycles. The van der Waals surface area contributed by atoms with Crippen molar-refractivity contribution in [2.45, 2.75) is 19.9 Å². The number of alkyl halides is 1. The van der Waals surface area contributed by atoms with Gasteiger partial charge in [0.2, 0.25) is 10.0 Å². The number of anilines is 2. The standard InChI is InChI=1S/C20H24ClN3O3S/c1-3-24-18-13-16(27-2)9-10-17(18)19(22)20(24)14-5-7-15(8-6-14)23-28(25,26)12-4-11-21/h5-10,13,23H,3-4,11-12,22H2,1-2H3. The Kier molecular flexibility index (Phi) is 6.05. The summed E-state index contributed by atoms with van der Waals surface area (Å²) in [7, 11) is -1.77. The Labute approximate surface area is 170 Å². The molecule has 8 heteroatoms. The number of nitrogens with two attached hydrogens (primary N) is 1. The van der Waals surface area contributed by atoms with Crippen LogP contribution in [0.15, 0.2) is 42.5 Å². The van der Waals surface area contributed by atoms with Crippen LogP contribution in [0.4, 0.5) is 11.4 Å². The number of benzene rings is 2. The van der Waals surface area contributed by atoms with E-state index in [9.17, 15) is 8.42 Å². The number of methoxy groups -OCH3 is 1. The number of rotatable bonds is 8. The third-order valence-corrected chi connectivity index (χ3v) is 6.25. The molecule has 3 rings (SSSR count). The van der Waals surface area contributed by atoms with Crippen LogP contribution in [-0.2, 0) is 16.6 Å². The fraction of sp³-hybridized carbons (Fsp3) is 0.300. The van der Waals surface area contributed by atoms with Crippen molar-refractivity contribution in [1.29, 1.82) is 0 Å². The van der Waals surface area contributed by atoms with Gasteiger partial charge >= 0.3 is 0 Å². The van der Waals surface area contributed by atoms with Crippen LogP contribution in [0.2, 0.25) is 0 Å². The van der Waals surface area contributed by atoms with Crippen LogP contribution < -0.4 is 15.2 Å². The number of aromatic nitrogens is 1. The van der Waals surface area contributed by atoms with Gasteiger partial charge < -0.3 is 15.0 Å². The number of aryl methyl sites for hydroxylation is 1.